The van der Waals surface area contributed by atoms with Crippen molar-refractivity contribution in [2.24, 2.45) is 5.14 Å². The molecular formula is C14H15NO4S2. The van der Waals surface area contributed by atoms with Crippen molar-refractivity contribution in [3.05, 3.63) is 53.6 Å². The van der Waals surface area contributed by atoms with Crippen LogP contribution in [0.1, 0.15) is 11.1 Å². The van der Waals surface area contributed by atoms with Gasteiger partial charge in [-0.3, -0.25) is 0 Å². The van der Waals surface area contributed by atoms with Gasteiger partial charge in [0.15, 0.2) is 0 Å². The standard InChI is InChI=1S/C14H15NO4S2/c1-10-6-8-12(9-7-10)20(16,17)13-5-3-4-11(2)14(13)21(15,18)19/h3-9H,1-2H3,(H2,15,18,19). The van der Waals surface area contributed by atoms with Gasteiger partial charge >= 0.3 is 0 Å². The summed E-state index contributed by atoms with van der Waals surface area (Å²) in [5, 5.41) is 5.17. The highest BCUT2D eigenvalue weighted by Gasteiger charge is 2.27. The van der Waals surface area contributed by atoms with Gasteiger partial charge in [0.2, 0.25) is 19.9 Å². The van der Waals surface area contributed by atoms with Gasteiger partial charge in [0.1, 0.15) is 4.90 Å². The average molecular weight is 325 g/mol. The summed E-state index contributed by atoms with van der Waals surface area (Å²) in [4.78, 5) is -0.622. The van der Waals surface area contributed by atoms with Crippen LogP contribution in [0.15, 0.2) is 57.2 Å². The molecular weight excluding hydrogens is 310 g/mol. The van der Waals surface area contributed by atoms with E-state index in [4.69, 9.17) is 5.14 Å². The molecule has 0 saturated carbocycles. The fraction of sp³-hybridized carbons (Fsp3) is 0.143. The summed E-state index contributed by atoms with van der Waals surface area (Å²) >= 11 is 0. The third-order valence-electron chi connectivity index (χ3n) is 3.08. The number of hydrogen-bond acceptors (Lipinski definition) is 4. The first-order valence-corrected chi connectivity index (χ1v) is 9.11. The molecule has 21 heavy (non-hydrogen) atoms. The van der Waals surface area contributed by atoms with Crippen LogP contribution in [0.3, 0.4) is 0 Å². The van der Waals surface area contributed by atoms with E-state index in [0.717, 1.165) is 5.56 Å². The third-order valence-corrected chi connectivity index (χ3v) is 6.13. The highest BCUT2D eigenvalue weighted by atomic mass is 32.2. The largest absolute Gasteiger partial charge is 0.239 e. The van der Waals surface area contributed by atoms with Crippen molar-refractivity contribution in [3.8, 4) is 0 Å². The Kier molecular flexibility index (Phi) is 3.92. The van der Waals surface area contributed by atoms with Gasteiger partial charge in [0.25, 0.3) is 0 Å². The Morgan fingerprint density at radius 1 is 0.857 bits per heavy atom. The summed E-state index contributed by atoms with van der Waals surface area (Å²) in [6.07, 6.45) is 0. The van der Waals surface area contributed by atoms with E-state index in [1.807, 2.05) is 6.92 Å². The fourth-order valence-electron chi connectivity index (χ4n) is 2.05. The minimum Gasteiger partial charge on any atom is -0.225 e. The zero-order valence-electron chi connectivity index (χ0n) is 11.6. The average Bonchev–Trinajstić information content (AvgIpc) is 2.37. The zero-order valence-corrected chi connectivity index (χ0v) is 13.2. The maximum absolute atomic E-state index is 12.6. The van der Waals surface area contributed by atoms with Crippen molar-refractivity contribution >= 4 is 19.9 Å². The summed E-state index contributed by atoms with van der Waals surface area (Å²) in [5.74, 6) is 0. The number of nitrogens with two attached hydrogens (primary N) is 1. The highest BCUT2D eigenvalue weighted by Crippen LogP contribution is 2.28. The van der Waals surface area contributed by atoms with Crippen molar-refractivity contribution in [2.75, 3.05) is 0 Å². The Morgan fingerprint density at radius 2 is 1.43 bits per heavy atom. The van der Waals surface area contributed by atoms with Crippen molar-refractivity contribution in [2.45, 2.75) is 28.5 Å². The normalized spacial score (nSPS) is 12.3. The van der Waals surface area contributed by atoms with Crippen LogP contribution < -0.4 is 5.14 Å². The molecule has 112 valence electrons. The Hall–Kier alpha value is -1.70. The number of hydrogen-bond donors (Lipinski definition) is 1. The molecule has 2 aromatic rings. The SMILES string of the molecule is Cc1ccc(S(=O)(=O)c2cccc(C)c2S(N)(=O)=O)cc1. The minimum absolute atomic E-state index is 0.0311. The van der Waals surface area contributed by atoms with Crippen LogP contribution in [0, 0.1) is 13.8 Å². The fourth-order valence-corrected chi connectivity index (χ4v) is 5.00. The number of sulfone groups is 1. The molecule has 0 aliphatic rings. The molecule has 0 radical (unpaired) electrons. The molecule has 0 atom stereocenters. The summed E-state index contributed by atoms with van der Waals surface area (Å²) in [7, 11) is -8.09. The van der Waals surface area contributed by atoms with Gasteiger partial charge in [0, 0.05) is 0 Å². The summed E-state index contributed by atoms with van der Waals surface area (Å²) in [6.45, 7) is 3.34. The first kappa shape index (κ1) is 15.7. The van der Waals surface area contributed by atoms with Crippen LogP contribution >= 0.6 is 0 Å². The third kappa shape index (κ3) is 2.99. The van der Waals surface area contributed by atoms with E-state index < -0.39 is 19.9 Å². The van der Waals surface area contributed by atoms with E-state index in [2.05, 4.69) is 0 Å². The first-order valence-electron chi connectivity index (χ1n) is 6.08. The molecule has 2 aromatic carbocycles. The highest BCUT2D eigenvalue weighted by molar-refractivity contribution is 7.93. The second-order valence-corrected chi connectivity index (χ2v) is 8.18. The molecule has 0 amide bonds. The van der Waals surface area contributed by atoms with E-state index in [-0.39, 0.29) is 14.7 Å². The minimum atomic E-state index is -4.14. The first-order chi connectivity index (χ1) is 9.64. The second-order valence-electron chi connectivity index (χ2n) is 4.76. The monoisotopic (exact) mass is 325 g/mol. The van der Waals surface area contributed by atoms with E-state index in [1.54, 1.807) is 12.1 Å². The lowest BCUT2D eigenvalue weighted by atomic mass is 10.2. The Labute approximate surface area is 124 Å². The summed E-state index contributed by atoms with van der Waals surface area (Å²) in [6, 6.07) is 10.4. The summed E-state index contributed by atoms with van der Waals surface area (Å²) < 4.78 is 48.7. The molecule has 5 nitrogen and oxygen atoms in total. The van der Waals surface area contributed by atoms with Crippen LogP contribution in [0.25, 0.3) is 0 Å². The Morgan fingerprint density at radius 3 is 1.95 bits per heavy atom. The lowest BCUT2D eigenvalue weighted by molar-refractivity contribution is 0.582. The topological polar surface area (TPSA) is 94.3 Å². The molecule has 2 rings (SSSR count). The Balaban J connectivity index is 2.78. The quantitative estimate of drug-likeness (QED) is 0.930. The van der Waals surface area contributed by atoms with Gasteiger partial charge in [-0.2, -0.15) is 0 Å². The molecule has 7 heteroatoms. The number of primary sulfonamides is 1. The van der Waals surface area contributed by atoms with Gasteiger partial charge < -0.3 is 0 Å². The van der Waals surface area contributed by atoms with E-state index in [9.17, 15) is 16.8 Å². The zero-order chi connectivity index (χ0) is 15.8. The molecule has 0 unspecified atom stereocenters. The maximum Gasteiger partial charge on any atom is 0.239 e. The van der Waals surface area contributed by atoms with Crippen molar-refractivity contribution < 1.29 is 16.8 Å². The van der Waals surface area contributed by atoms with Gasteiger partial charge in [-0.15, -0.1) is 0 Å². The number of aryl methyl sites for hydroxylation is 2. The summed E-state index contributed by atoms with van der Waals surface area (Å²) in [5.41, 5.74) is 1.20. The Bertz CT molecular complexity index is 883. The smallest absolute Gasteiger partial charge is 0.225 e. The second kappa shape index (κ2) is 5.25. The lowest BCUT2D eigenvalue weighted by Gasteiger charge is -2.11. The van der Waals surface area contributed by atoms with E-state index in [1.165, 1.54) is 37.3 Å². The lowest BCUT2D eigenvalue weighted by Crippen LogP contribution is -2.18. The maximum atomic E-state index is 12.6. The van der Waals surface area contributed by atoms with Crippen LogP contribution in [-0.4, -0.2) is 16.8 Å². The molecule has 0 saturated heterocycles. The number of rotatable bonds is 3. The van der Waals surface area contributed by atoms with Crippen LogP contribution in [0.4, 0.5) is 0 Å². The van der Waals surface area contributed by atoms with Gasteiger partial charge in [-0.25, -0.2) is 22.0 Å². The molecule has 0 fully saturated rings. The van der Waals surface area contributed by atoms with Gasteiger partial charge in [-0.05, 0) is 37.6 Å². The van der Waals surface area contributed by atoms with Gasteiger partial charge in [-0.1, -0.05) is 29.8 Å². The predicted molar refractivity (Wildman–Crippen MR) is 79.2 cm³/mol. The molecule has 0 heterocycles. The molecule has 0 aliphatic carbocycles. The van der Waals surface area contributed by atoms with Crippen LogP contribution in [0.5, 0.6) is 0 Å². The van der Waals surface area contributed by atoms with Crippen LogP contribution in [0.2, 0.25) is 0 Å². The van der Waals surface area contributed by atoms with E-state index in [0.29, 0.717) is 5.56 Å². The molecule has 0 aromatic heterocycles. The van der Waals surface area contributed by atoms with Crippen molar-refractivity contribution in [3.63, 3.8) is 0 Å². The van der Waals surface area contributed by atoms with E-state index >= 15 is 0 Å². The van der Waals surface area contributed by atoms with Crippen LogP contribution in [-0.2, 0) is 19.9 Å². The molecule has 2 N–H and O–H groups in total. The molecule has 0 bridgehead atoms. The number of sulfonamides is 1. The predicted octanol–water partition coefficient (Wildman–Crippen LogP) is 1.78. The van der Waals surface area contributed by atoms with Crippen molar-refractivity contribution in [1.82, 2.24) is 0 Å². The number of benzene rings is 2. The van der Waals surface area contributed by atoms with Crippen molar-refractivity contribution in [1.29, 1.82) is 0 Å². The molecule has 0 spiro atoms. The molecule has 0 aliphatic heterocycles. The van der Waals surface area contributed by atoms with Gasteiger partial charge in [0.05, 0.1) is 9.79 Å².